The second-order valence-electron chi connectivity index (χ2n) is 4.68. The van der Waals surface area contributed by atoms with Crippen LogP contribution in [0.3, 0.4) is 0 Å². The molecule has 2 N–H and O–H groups in total. The van der Waals surface area contributed by atoms with Gasteiger partial charge in [-0.15, -0.1) is 10.2 Å². The van der Waals surface area contributed by atoms with Gasteiger partial charge in [-0.25, -0.2) is 0 Å². The van der Waals surface area contributed by atoms with Gasteiger partial charge < -0.3 is 10.1 Å². The number of H-pyrrole nitrogens is 1. The molecule has 1 aromatic heterocycles. The van der Waals surface area contributed by atoms with Crippen LogP contribution in [0.25, 0.3) is 0 Å². The number of benzene rings is 1. The Morgan fingerprint density at radius 1 is 1.21 bits per heavy atom. The average Bonchev–Trinajstić information content (AvgIpc) is 2.91. The van der Waals surface area contributed by atoms with E-state index in [9.17, 15) is 0 Å². The first-order chi connectivity index (χ1) is 9.15. The van der Waals surface area contributed by atoms with Gasteiger partial charge in [0.15, 0.2) is 5.82 Å². The van der Waals surface area contributed by atoms with Crippen molar-refractivity contribution in [2.24, 2.45) is 0 Å². The summed E-state index contributed by atoms with van der Waals surface area (Å²) < 4.78 is 5.60. The topological polar surface area (TPSA) is 75.7 Å². The summed E-state index contributed by atoms with van der Waals surface area (Å²) in [6.07, 6.45) is 0.197. The van der Waals surface area contributed by atoms with Crippen molar-refractivity contribution in [3.8, 4) is 5.75 Å². The number of tetrazole rings is 1. The summed E-state index contributed by atoms with van der Waals surface area (Å²) in [5.41, 5.74) is 1.19. The van der Waals surface area contributed by atoms with Crippen molar-refractivity contribution in [2.75, 3.05) is 0 Å². The SMILES string of the molecule is CC(C)Oc1ccc(CNC(C)c2nn[nH]n2)cc1. The van der Waals surface area contributed by atoms with Crippen molar-refractivity contribution in [3.63, 3.8) is 0 Å². The molecule has 0 fully saturated rings. The maximum absolute atomic E-state index is 5.60. The number of rotatable bonds is 6. The molecular formula is C13H19N5O. The molecular weight excluding hydrogens is 242 g/mol. The minimum absolute atomic E-state index is 0.0605. The first-order valence-electron chi connectivity index (χ1n) is 6.37. The van der Waals surface area contributed by atoms with Crippen LogP contribution in [0.1, 0.15) is 38.2 Å². The van der Waals surface area contributed by atoms with Gasteiger partial charge in [-0.2, -0.15) is 5.21 Å². The molecule has 1 aromatic carbocycles. The van der Waals surface area contributed by atoms with Crippen molar-refractivity contribution in [3.05, 3.63) is 35.7 Å². The van der Waals surface area contributed by atoms with Crippen molar-refractivity contribution < 1.29 is 4.74 Å². The van der Waals surface area contributed by atoms with Gasteiger partial charge in [0.1, 0.15) is 5.75 Å². The van der Waals surface area contributed by atoms with E-state index in [-0.39, 0.29) is 12.1 Å². The molecule has 0 aliphatic heterocycles. The standard InChI is InChI=1S/C13H19N5O/c1-9(2)19-12-6-4-11(5-7-12)8-14-10(3)13-15-17-18-16-13/h4-7,9-10,14H,8H2,1-3H3,(H,15,16,17,18). The predicted octanol–water partition coefficient (Wildman–Crippen LogP) is 1.84. The van der Waals surface area contributed by atoms with E-state index in [0.29, 0.717) is 5.82 Å². The second kappa shape index (κ2) is 6.29. The van der Waals surface area contributed by atoms with Gasteiger partial charge in [0.25, 0.3) is 0 Å². The molecule has 0 amide bonds. The lowest BCUT2D eigenvalue weighted by atomic mass is 10.2. The lowest BCUT2D eigenvalue weighted by Crippen LogP contribution is -2.19. The molecule has 1 heterocycles. The van der Waals surface area contributed by atoms with Crippen molar-refractivity contribution in [1.82, 2.24) is 25.9 Å². The Morgan fingerprint density at radius 3 is 2.53 bits per heavy atom. The summed E-state index contributed by atoms with van der Waals surface area (Å²) in [5, 5.41) is 17.2. The molecule has 0 spiro atoms. The zero-order valence-corrected chi connectivity index (χ0v) is 11.4. The fourth-order valence-corrected chi connectivity index (χ4v) is 1.67. The highest BCUT2D eigenvalue weighted by Gasteiger charge is 2.09. The van der Waals surface area contributed by atoms with Crippen molar-refractivity contribution in [1.29, 1.82) is 0 Å². The molecule has 0 bridgehead atoms. The molecule has 2 rings (SSSR count). The minimum atomic E-state index is 0.0605. The molecule has 6 nitrogen and oxygen atoms in total. The molecule has 0 saturated carbocycles. The molecule has 0 radical (unpaired) electrons. The van der Waals surface area contributed by atoms with Crippen LogP contribution in [-0.4, -0.2) is 26.7 Å². The zero-order valence-electron chi connectivity index (χ0n) is 11.4. The predicted molar refractivity (Wildman–Crippen MR) is 71.6 cm³/mol. The molecule has 0 aliphatic rings. The Hall–Kier alpha value is -1.95. The van der Waals surface area contributed by atoms with E-state index in [1.807, 2.05) is 45.0 Å². The monoisotopic (exact) mass is 261 g/mol. The van der Waals surface area contributed by atoms with Crippen LogP contribution in [0.4, 0.5) is 0 Å². The van der Waals surface area contributed by atoms with Crippen LogP contribution in [0.15, 0.2) is 24.3 Å². The molecule has 2 aromatic rings. The minimum Gasteiger partial charge on any atom is -0.491 e. The average molecular weight is 261 g/mol. The lowest BCUT2D eigenvalue weighted by molar-refractivity contribution is 0.242. The number of nitrogens with zero attached hydrogens (tertiary/aromatic N) is 3. The number of hydrogen-bond acceptors (Lipinski definition) is 5. The summed E-state index contributed by atoms with van der Waals surface area (Å²) in [5.74, 6) is 1.56. The smallest absolute Gasteiger partial charge is 0.191 e. The van der Waals surface area contributed by atoms with Gasteiger partial charge in [0, 0.05) is 6.54 Å². The largest absolute Gasteiger partial charge is 0.491 e. The molecule has 19 heavy (non-hydrogen) atoms. The van der Waals surface area contributed by atoms with Gasteiger partial charge in [0.05, 0.1) is 12.1 Å². The van der Waals surface area contributed by atoms with E-state index in [0.717, 1.165) is 12.3 Å². The Morgan fingerprint density at radius 2 is 1.95 bits per heavy atom. The number of aromatic amines is 1. The van der Waals surface area contributed by atoms with E-state index >= 15 is 0 Å². The molecule has 102 valence electrons. The van der Waals surface area contributed by atoms with E-state index < -0.39 is 0 Å². The van der Waals surface area contributed by atoms with Crippen LogP contribution in [0.2, 0.25) is 0 Å². The van der Waals surface area contributed by atoms with Gasteiger partial charge in [0.2, 0.25) is 0 Å². The maximum Gasteiger partial charge on any atom is 0.191 e. The fourth-order valence-electron chi connectivity index (χ4n) is 1.67. The highest BCUT2D eigenvalue weighted by atomic mass is 16.5. The maximum atomic E-state index is 5.60. The zero-order chi connectivity index (χ0) is 13.7. The number of nitrogens with one attached hydrogen (secondary N) is 2. The lowest BCUT2D eigenvalue weighted by Gasteiger charge is -2.12. The van der Waals surface area contributed by atoms with Gasteiger partial charge >= 0.3 is 0 Å². The number of aromatic nitrogens is 4. The third kappa shape index (κ3) is 4.03. The molecule has 0 aliphatic carbocycles. The highest BCUT2D eigenvalue weighted by molar-refractivity contribution is 5.27. The summed E-state index contributed by atoms with van der Waals surface area (Å²) in [6.45, 7) is 6.78. The van der Waals surface area contributed by atoms with Crippen LogP contribution in [0.5, 0.6) is 5.75 Å². The Labute approximate surface area is 112 Å². The fraction of sp³-hybridized carbons (Fsp3) is 0.462. The summed E-state index contributed by atoms with van der Waals surface area (Å²) >= 11 is 0. The summed E-state index contributed by atoms with van der Waals surface area (Å²) in [4.78, 5) is 0. The van der Waals surface area contributed by atoms with Crippen molar-refractivity contribution >= 4 is 0 Å². The van der Waals surface area contributed by atoms with Gasteiger partial charge in [-0.1, -0.05) is 17.3 Å². The van der Waals surface area contributed by atoms with Gasteiger partial charge in [-0.05, 0) is 38.5 Å². The van der Waals surface area contributed by atoms with Crippen LogP contribution < -0.4 is 10.1 Å². The highest BCUT2D eigenvalue weighted by Crippen LogP contribution is 2.14. The number of ether oxygens (including phenoxy) is 1. The molecule has 1 unspecified atom stereocenters. The van der Waals surface area contributed by atoms with E-state index in [1.165, 1.54) is 5.56 Å². The molecule has 0 saturated heterocycles. The van der Waals surface area contributed by atoms with E-state index in [1.54, 1.807) is 0 Å². The van der Waals surface area contributed by atoms with Crippen molar-refractivity contribution in [2.45, 2.75) is 39.5 Å². The summed E-state index contributed by atoms with van der Waals surface area (Å²) in [7, 11) is 0. The molecule has 6 heteroatoms. The quantitative estimate of drug-likeness (QED) is 0.829. The van der Waals surface area contributed by atoms with E-state index in [2.05, 4.69) is 25.9 Å². The third-order valence-corrected chi connectivity index (χ3v) is 2.66. The third-order valence-electron chi connectivity index (χ3n) is 2.66. The second-order valence-corrected chi connectivity index (χ2v) is 4.68. The Kier molecular flexibility index (Phi) is 4.46. The Bertz CT molecular complexity index is 480. The van der Waals surface area contributed by atoms with E-state index in [4.69, 9.17) is 4.74 Å². The van der Waals surface area contributed by atoms with Gasteiger partial charge in [-0.3, -0.25) is 0 Å². The van der Waals surface area contributed by atoms with Crippen LogP contribution in [0, 0.1) is 0 Å². The first kappa shape index (κ1) is 13.5. The first-order valence-corrected chi connectivity index (χ1v) is 6.37. The molecule has 1 atom stereocenters. The summed E-state index contributed by atoms with van der Waals surface area (Å²) in [6, 6.07) is 8.12. The number of hydrogen-bond donors (Lipinski definition) is 2. The van der Waals surface area contributed by atoms with Crippen LogP contribution >= 0.6 is 0 Å². The normalized spacial score (nSPS) is 12.6. The Balaban J connectivity index is 1.86. The van der Waals surface area contributed by atoms with Crippen LogP contribution in [-0.2, 0) is 6.54 Å².